The second-order valence-electron chi connectivity index (χ2n) is 7.42. The van der Waals surface area contributed by atoms with Crippen LogP contribution in [0.4, 0.5) is 5.69 Å². The molecule has 0 spiro atoms. The molecule has 28 heavy (non-hydrogen) atoms. The van der Waals surface area contributed by atoms with Crippen LogP contribution in [-0.4, -0.2) is 10.1 Å². The van der Waals surface area contributed by atoms with Crippen LogP contribution < -0.4 is 22.3 Å². The molecule has 0 amide bonds. The van der Waals surface area contributed by atoms with Gasteiger partial charge in [0, 0.05) is 5.92 Å². The Bertz CT molecular complexity index is 847. The minimum Gasteiger partial charge on any atom is -1.00 e. The van der Waals surface area contributed by atoms with Gasteiger partial charge in [0.2, 0.25) is 5.89 Å². The third-order valence-corrected chi connectivity index (χ3v) is 5.63. The predicted octanol–water partition coefficient (Wildman–Crippen LogP) is 0.890. The Labute approximate surface area is 176 Å². The summed E-state index contributed by atoms with van der Waals surface area (Å²) in [4.78, 5) is 4.52. The maximum absolute atomic E-state index is 11.8. The average Bonchev–Trinajstić information content (AvgIpc) is 3.23. The molecule has 0 aliphatic heterocycles. The largest absolute Gasteiger partial charge is 1.00 e. The van der Waals surface area contributed by atoms with Gasteiger partial charge < -0.3 is 31.8 Å². The molecule has 5 heteroatoms. The Kier molecular flexibility index (Phi) is 7.05. The summed E-state index contributed by atoms with van der Waals surface area (Å²) in [7, 11) is 0. The van der Waals surface area contributed by atoms with Crippen molar-refractivity contribution < 1.29 is 31.8 Å². The van der Waals surface area contributed by atoms with Crippen molar-refractivity contribution in [1.29, 1.82) is 0 Å². The lowest BCUT2D eigenvalue weighted by atomic mass is 9.73. The van der Waals surface area contributed by atoms with Crippen molar-refractivity contribution in [2.75, 3.05) is 0 Å². The Morgan fingerprint density at radius 1 is 0.964 bits per heavy atom. The first kappa shape index (κ1) is 20.8. The molecule has 3 aromatic rings. The molecule has 1 aliphatic carbocycles. The first-order chi connectivity index (χ1) is 13.3. The van der Waals surface area contributed by atoms with Crippen molar-refractivity contribution in [2.24, 2.45) is 5.92 Å². The van der Waals surface area contributed by atoms with Gasteiger partial charge in [-0.1, -0.05) is 67.8 Å². The fourth-order valence-electron chi connectivity index (χ4n) is 4.13. The normalized spacial score (nSPS) is 16.9. The number of nitrogens with two attached hydrogens (primary N) is 1. The van der Waals surface area contributed by atoms with Crippen LogP contribution in [0.5, 0.6) is 0 Å². The molecule has 0 unspecified atom stereocenters. The third kappa shape index (κ3) is 4.37. The van der Waals surface area contributed by atoms with Gasteiger partial charge in [0.1, 0.15) is 12.2 Å². The smallest absolute Gasteiger partial charge is 0.231 e. The Hall–Kier alpha value is -1.95. The lowest BCUT2D eigenvalue weighted by Gasteiger charge is -2.36. The van der Waals surface area contributed by atoms with Crippen LogP contribution in [-0.2, 0) is 12.1 Å². The summed E-state index contributed by atoms with van der Waals surface area (Å²) in [5.41, 5.74) is 0.866. The van der Waals surface area contributed by atoms with Crippen LogP contribution in [0, 0.1) is 5.92 Å². The summed E-state index contributed by atoms with van der Waals surface area (Å²) in [6.45, 7) is 0.659. The van der Waals surface area contributed by atoms with E-state index in [1.54, 1.807) is 6.20 Å². The van der Waals surface area contributed by atoms with E-state index >= 15 is 0 Å². The molecule has 0 bridgehead atoms. The molecule has 1 aliphatic rings. The van der Waals surface area contributed by atoms with E-state index < -0.39 is 5.60 Å². The van der Waals surface area contributed by atoms with Gasteiger partial charge in [-0.3, -0.25) is 0 Å². The summed E-state index contributed by atoms with van der Waals surface area (Å²) in [5, 5.41) is 13.9. The molecule has 1 saturated carbocycles. The topological polar surface area (TPSA) is 62.9 Å². The minimum atomic E-state index is -1.16. The van der Waals surface area contributed by atoms with E-state index in [1.807, 2.05) is 48.5 Å². The van der Waals surface area contributed by atoms with Gasteiger partial charge in [-0.2, -0.15) is 0 Å². The van der Waals surface area contributed by atoms with Crippen LogP contribution >= 0.6 is 0 Å². The molecule has 1 heterocycles. The molecule has 2 aromatic carbocycles. The number of rotatable bonds is 6. The maximum atomic E-state index is 11.8. The van der Waals surface area contributed by atoms with Crippen LogP contribution in [0.2, 0.25) is 0 Å². The lowest BCUT2D eigenvalue weighted by molar-refractivity contribution is -0.590. The molecule has 4 nitrogen and oxygen atoms in total. The van der Waals surface area contributed by atoms with Gasteiger partial charge in [0.25, 0.3) is 0 Å². The van der Waals surface area contributed by atoms with Crippen LogP contribution in [0.3, 0.4) is 0 Å². The van der Waals surface area contributed by atoms with Crippen LogP contribution in [0.25, 0.3) is 0 Å². The highest BCUT2D eigenvalue weighted by molar-refractivity contribution is 5.30. The standard InChI is InChI=1S/C23H26N2O2.BrH/c26-23(18-10-4-1-5-11-18,19-12-6-2-7-13-19)22-25-17-21(27-22)16-24-20-14-8-3-9-15-20;/h1,3-5,8-11,14-15,17,19,24,26H,2,6-7,12-13,16H2;1H/t23-;/m0./s1. The van der Waals surface area contributed by atoms with E-state index in [9.17, 15) is 5.11 Å². The van der Waals surface area contributed by atoms with Gasteiger partial charge >= 0.3 is 0 Å². The molecule has 4 rings (SSSR count). The lowest BCUT2D eigenvalue weighted by Crippen LogP contribution is -3.00. The van der Waals surface area contributed by atoms with Gasteiger partial charge in [-0.25, -0.2) is 4.98 Å². The van der Waals surface area contributed by atoms with Crippen molar-refractivity contribution in [3.63, 3.8) is 0 Å². The number of oxazole rings is 1. The summed E-state index contributed by atoms with van der Waals surface area (Å²) < 4.78 is 6.09. The summed E-state index contributed by atoms with van der Waals surface area (Å²) >= 11 is 0. The molecule has 1 atom stereocenters. The number of benzene rings is 2. The summed E-state index contributed by atoms with van der Waals surface area (Å²) in [6, 6.07) is 20.1. The molecule has 0 radical (unpaired) electrons. The average molecular weight is 443 g/mol. The van der Waals surface area contributed by atoms with Crippen molar-refractivity contribution in [3.05, 3.63) is 84.1 Å². The third-order valence-electron chi connectivity index (χ3n) is 5.63. The second-order valence-corrected chi connectivity index (χ2v) is 7.42. The zero-order valence-corrected chi connectivity index (χ0v) is 17.5. The molecule has 0 saturated heterocycles. The monoisotopic (exact) mass is 442 g/mol. The minimum absolute atomic E-state index is 0. The Balaban J connectivity index is 0.00000225. The number of hydrogen-bond donors (Lipinski definition) is 2. The summed E-state index contributed by atoms with van der Waals surface area (Å²) in [6.07, 6.45) is 7.29. The SMILES string of the molecule is O[C@](c1ccccc1)(c1ncc(C[NH2+]c2ccccc2)o1)C1CCCCC1.[Br-]. The molecule has 1 aromatic heterocycles. The van der Waals surface area contributed by atoms with E-state index in [0.717, 1.165) is 42.7 Å². The highest BCUT2D eigenvalue weighted by atomic mass is 79.9. The van der Waals surface area contributed by atoms with Crippen LogP contribution in [0.1, 0.15) is 49.3 Å². The first-order valence-electron chi connectivity index (χ1n) is 9.88. The zero-order valence-electron chi connectivity index (χ0n) is 15.9. The zero-order chi connectivity index (χ0) is 18.5. The molecule has 3 N–H and O–H groups in total. The van der Waals surface area contributed by atoms with Gasteiger partial charge in [-0.05, 0) is 30.5 Å². The van der Waals surface area contributed by atoms with Crippen molar-refractivity contribution in [2.45, 2.75) is 44.2 Å². The number of quaternary nitrogens is 1. The van der Waals surface area contributed by atoms with E-state index in [1.165, 1.54) is 6.42 Å². The van der Waals surface area contributed by atoms with Crippen molar-refractivity contribution in [3.8, 4) is 0 Å². The van der Waals surface area contributed by atoms with Gasteiger partial charge in [0.15, 0.2) is 11.4 Å². The number of halogens is 1. The Morgan fingerprint density at radius 3 is 2.29 bits per heavy atom. The number of nitrogens with zero attached hydrogens (tertiary/aromatic N) is 1. The first-order valence-corrected chi connectivity index (χ1v) is 9.88. The molecular weight excluding hydrogens is 416 g/mol. The second kappa shape index (κ2) is 9.50. The van der Waals surface area contributed by atoms with Gasteiger partial charge in [0.05, 0.1) is 6.20 Å². The highest BCUT2D eigenvalue weighted by Gasteiger charge is 2.44. The Morgan fingerprint density at radius 2 is 1.61 bits per heavy atom. The van der Waals surface area contributed by atoms with E-state index in [-0.39, 0.29) is 22.9 Å². The summed E-state index contributed by atoms with van der Waals surface area (Å²) in [5.74, 6) is 1.34. The van der Waals surface area contributed by atoms with Crippen molar-refractivity contribution >= 4 is 5.69 Å². The van der Waals surface area contributed by atoms with E-state index in [4.69, 9.17) is 4.42 Å². The molecule has 1 fully saturated rings. The number of para-hydroxylation sites is 1. The van der Waals surface area contributed by atoms with E-state index in [0.29, 0.717) is 12.4 Å². The quantitative estimate of drug-likeness (QED) is 0.557. The van der Waals surface area contributed by atoms with E-state index in [2.05, 4.69) is 22.4 Å². The van der Waals surface area contributed by atoms with Crippen molar-refractivity contribution in [1.82, 2.24) is 4.98 Å². The maximum Gasteiger partial charge on any atom is 0.231 e. The highest BCUT2D eigenvalue weighted by Crippen LogP contribution is 2.43. The fraction of sp³-hybridized carbons (Fsp3) is 0.348. The molecular formula is C23H27BrN2O2. The predicted molar refractivity (Wildman–Crippen MR) is 104 cm³/mol. The number of hydrogen-bond acceptors (Lipinski definition) is 3. The van der Waals surface area contributed by atoms with Gasteiger partial charge in [-0.15, -0.1) is 0 Å². The van der Waals surface area contributed by atoms with Crippen LogP contribution in [0.15, 0.2) is 71.3 Å². The molecule has 148 valence electrons. The fourth-order valence-corrected chi connectivity index (χ4v) is 4.13. The number of aliphatic hydroxyl groups is 1. The number of aromatic nitrogens is 1.